The lowest BCUT2D eigenvalue weighted by Gasteiger charge is -2.15. The molecule has 0 spiro atoms. The first kappa shape index (κ1) is 11.1. The molecule has 0 heterocycles. The minimum Gasteiger partial charge on any atom is -0.486 e. The number of anilines is 1. The van der Waals surface area contributed by atoms with E-state index in [1.54, 1.807) is 25.3 Å². The highest BCUT2D eigenvalue weighted by atomic mass is 35.5. The molecule has 0 saturated carbocycles. The second-order valence-electron chi connectivity index (χ2n) is 3.07. The predicted octanol–water partition coefficient (Wildman–Crippen LogP) is 2.34. The number of rotatable bonds is 4. The number of nitrogens with two attached hydrogens (primary N) is 1. The van der Waals surface area contributed by atoms with Gasteiger partial charge in [0.15, 0.2) is 0 Å². The summed E-state index contributed by atoms with van der Waals surface area (Å²) in [4.78, 5) is 0. The number of methoxy groups -OCH3 is 1. The van der Waals surface area contributed by atoms with E-state index in [2.05, 4.69) is 0 Å². The summed E-state index contributed by atoms with van der Waals surface area (Å²) < 4.78 is 10.5. The highest BCUT2D eigenvalue weighted by molar-refractivity contribution is 6.30. The van der Waals surface area contributed by atoms with Crippen molar-refractivity contribution in [1.82, 2.24) is 0 Å². The van der Waals surface area contributed by atoms with E-state index in [1.165, 1.54) is 0 Å². The highest BCUT2D eigenvalue weighted by Crippen LogP contribution is 2.26. The Labute approximate surface area is 88.8 Å². The third kappa shape index (κ3) is 3.09. The number of nitrogen functional groups attached to an aromatic ring is 1. The Balaban J connectivity index is 2.70. The van der Waals surface area contributed by atoms with Gasteiger partial charge in [-0.15, -0.1) is 0 Å². The minimum absolute atomic E-state index is 0.0410. The normalized spacial score (nSPS) is 12.5. The molecule has 14 heavy (non-hydrogen) atoms. The quantitative estimate of drug-likeness (QED) is 0.785. The van der Waals surface area contributed by atoms with Gasteiger partial charge in [0, 0.05) is 18.2 Å². The zero-order valence-corrected chi connectivity index (χ0v) is 9.04. The molecule has 1 rings (SSSR count). The topological polar surface area (TPSA) is 44.5 Å². The molecule has 0 bridgehead atoms. The standard InChI is InChI=1S/C10H14ClNO2/c1-7(6-13-2)14-10-5-8(11)3-4-9(10)12/h3-5,7H,6,12H2,1-2H3. The first-order valence-corrected chi connectivity index (χ1v) is 4.72. The molecule has 78 valence electrons. The maximum atomic E-state index is 5.81. The number of hydrogen-bond donors (Lipinski definition) is 1. The first-order valence-electron chi connectivity index (χ1n) is 4.34. The van der Waals surface area contributed by atoms with Crippen LogP contribution in [0.3, 0.4) is 0 Å². The molecule has 2 N–H and O–H groups in total. The van der Waals surface area contributed by atoms with Crippen molar-refractivity contribution >= 4 is 17.3 Å². The van der Waals surface area contributed by atoms with Crippen molar-refractivity contribution in [2.45, 2.75) is 13.0 Å². The van der Waals surface area contributed by atoms with E-state index in [0.29, 0.717) is 23.1 Å². The van der Waals surface area contributed by atoms with E-state index < -0.39 is 0 Å². The van der Waals surface area contributed by atoms with Crippen LogP contribution in [0.1, 0.15) is 6.92 Å². The molecule has 1 aromatic rings. The maximum absolute atomic E-state index is 5.81. The van der Waals surface area contributed by atoms with Crippen LogP contribution in [0, 0.1) is 0 Å². The van der Waals surface area contributed by atoms with Gasteiger partial charge >= 0.3 is 0 Å². The van der Waals surface area contributed by atoms with Crippen molar-refractivity contribution in [3.05, 3.63) is 23.2 Å². The molecule has 0 amide bonds. The van der Waals surface area contributed by atoms with E-state index in [9.17, 15) is 0 Å². The lowest BCUT2D eigenvalue weighted by atomic mass is 10.3. The van der Waals surface area contributed by atoms with Gasteiger partial charge in [-0.05, 0) is 19.1 Å². The molecule has 0 fully saturated rings. The largest absolute Gasteiger partial charge is 0.486 e. The van der Waals surface area contributed by atoms with Crippen LogP contribution in [0.15, 0.2) is 18.2 Å². The van der Waals surface area contributed by atoms with Crippen LogP contribution in [0.5, 0.6) is 5.75 Å². The fourth-order valence-electron chi connectivity index (χ4n) is 1.10. The Morgan fingerprint density at radius 3 is 2.86 bits per heavy atom. The van der Waals surface area contributed by atoms with Crippen molar-refractivity contribution in [2.24, 2.45) is 0 Å². The van der Waals surface area contributed by atoms with Gasteiger partial charge in [0.2, 0.25) is 0 Å². The molecule has 0 radical (unpaired) electrons. The summed E-state index contributed by atoms with van der Waals surface area (Å²) in [5, 5.41) is 0.610. The summed E-state index contributed by atoms with van der Waals surface area (Å²) in [5.74, 6) is 0.599. The minimum atomic E-state index is -0.0410. The third-order valence-corrected chi connectivity index (χ3v) is 1.94. The molecule has 0 aliphatic heterocycles. The Bertz CT molecular complexity index is 304. The van der Waals surface area contributed by atoms with Gasteiger partial charge in [0.25, 0.3) is 0 Å². The Morgan fingerprint density at radius 2 is 2.21 bits per heavy atom. The molecule has 1 atom stereocenters. The van der Waals surface area contributed by atoms with Gasteiger partial charge in [0.05, 0.1) is 12.3 Å². The van der Waals surface area contributed by atoms with Crippen molar-refractivity contribution in [2.75, 3.05) is 19.5 Å². The summed E-state index contributed by atoms with van der Waals surface area (Å²) in [6.45, 7) is 2.43. The fraction of sp³-hybridized carbons (Fsp3) is 0.400. The van der Waals surface area contributed by atoms with Gasteiger partial charge in [-0.1, -0.05) is 11.6 Å². The molecule has 3 nitrogen and oxygen atoms in total. The lowest BCUT2D eigenvalue weighted by molar-refractivity contribution is 0.0926. The molecular formula is C10H14ClNO2. The molecule has 0 aliphatic rings. The molecule has 0 aromatic heterocycles. The fourth-order valence-corrected chi connectivity index (χ4v) is 1.26. The first-order chi connectivity index (χ1) is 6.63. The zero-order valence-electron chi connectivity index (χ0n) is 8.29. The number of halogens is 1. The maximum Gasteiger partial charge on any atom is 0.144 e. The summed E-state index contributed by atoms with van der Waals surface area (Å²) in [6, 6.07) is 5.14. The van der Waals surface area contributed by atoms with Crippen LogP contribution >= 0.6 is 11.6 Å². The van der Waals surface area contributed by atoms with Gasteiger partial charge in [0.1, 0.15) is 11.9 Å². The van der Waals surface area contributed by atoms with Gasteiger partial charge in [-0.25, -0.2) is 0 Å². The number of benzene rings is 1. The average Bonchev–Trinajstić information content (AvgIpc) is 2.12. The molecule has 0 aliphatic carbocycles. The SMILES string of the molecule is COCC(C)Oc1cc(Cl)ccc1N. The molecule has 1 unspecified atom stereocenters. The lowest BCUT2D eigenvalue weighted by Crippen LogP contribution is -2.18. The Morgan fingerprint density at radius 1 is 1.50 bits per heavy atom. The van der Waals surface area contributed by atoms with Gasteiger partial charge in [-0.2, -0.15) is 0 Å². The molecule has 4 heteroatoms. The van der Waals surface area contributed by atoms with Crippen molar-refractivity contribution < 1.29 is 9.47 Å². The van der Waals surface area contributed by atoms with Crippen molar-refractivity contribution in [3.63, 3.8) is 0 Å². The molecule has 1 aromatic carbocycles. The van der Waals surface area contributed by atoms with Crippen LogP contribution in [-0.4, -0.2) is 19.8 Å². The monoisotopic (exact) mass is 215 g/mol. The van der Waals surface area contributed by atoms with E-state index in [1.807, 2.05) is 6.92 Å². The summed E-state index contributed by atoms with van der Waals surface area (Å²) >= 11 is 5.81. The third-order valence-electron chi connectivity index (χ3n) is 1.71. The summed E-state index contributed by atoms with van der Waals surface area (Å²) in [6.07, 6.45) is -0.0410. The second kappa shape index (κ2) is 5.08. The van der Waals surface area contributed by atoms with Crippen LogP contribution < -0.4 is 10.5 Å². The number of ether oxygens (including phenoxy) is 2. The van der Waals surface area contributed by atoms with E-state index in [0.717, 1.165) is 0 Å². The van der Waals surface area contributed by atoms with E-state index in [4.69, 9.17) is 26.8 Å². The highest BCUT2D eigenvalue weighted by Gasteiger charge is 2.06. The molecular weight excluding hydrogens is 202 g/mol. The summed E-state index contributed by atoms with van der Waals surface area (Å²) in [5.41, 5.74) is 6.29. The Kier molecular flexibility index (Phi) is 4.04. The summed E-state index contributed by atoms with van der Waals surface area (Å²) in [7, 11) is 1.63. The van der Waals surface area contributed by atoms with Crippen LogP contribution in [0.4, 0.5) is 5.69 Å². The van der Waals surface area contributed by atoms with Crippen LogP contribution in [-0.2, 0) is 4.74 Å². The second-order valence-corrected chi connectivity index (χ2v) is 3.50. The number of hydrogen-bond acceptors (Lipinski definition) is 3. The average molecular weight is 216 g/mol. The van der Waals surface area contributed by atoms with E-state index in [-0.39, 0.29) is 6.10 Å². The van der Waals surface area contributed by atoms with Crippen molar-refractivity contribution in [1.29, 1.82) is 0 Å². The van der Waals surface area contributed by atoms with Gasteiger partial charge in [-0.3, -0.25) is 0 Å². The van der Waals surface area contributed by atoms with Crippen LogP contribution in [0.2, 0.25) is 5.02 Å². The Hall–Kier alpha value is -0.930. The van der Waals surface area contributed by atoms with Crippen molar-refractivity contribution in [3.8, 4) is 5.75 Å². The van der Waals surface area contributed by atoms with Gasteiger partial charge < -0.3 is 15.2 Å². The predicted molar refractivity (Wildman–Crippen MR) is 57.8 cm³/mol. The van der Waals surface area contributed by atoms with E-state index >= 15 is 0 Å². The van der Waals surface area contributed by atoms with Crippen LogP contribution in [0.25, 0.3) is 0 Å². The smallest absolute Gasteiger partial charge is 0.144 e. The molecule has 0 saturated heterocycles. The zero-order chi connectivity index (χ0) is 10.6.